The van der Waals surface area contributed by atoms with Gasteiger partial charge in [-0.2, -0.15) is 5.26 Å². The molecule has 0 fully saturated rings. The van der Waals surface area contributed by atoms with E-state index >= 15 is 0 Å². The molecule has 112 valence electrons. The van der Waals surface area contributed by atoms with Crippen LogP contribution in [0.4, 0.5) is 0 Å². The van der Waals surface area contributed by atoms with Gasteiger partial charge in [0, 0.05) is 0 Å². The first kappa shape index (κ1) is 16.9. The van der Waals surface area contributed by atoms with E-state index in [2.05, 4.69) is 11.9 Å². The van der Waals surface area contributed by atoms with E-state index in [1.54, 1.807) is 30.3 Å². The van der Waals surface area contributed by atoms with Crippen LogP contribution in [-0.4, -0.2) is 26.6 Å². The maximum atomic E-state index is 12.2. The third kappa shape index (κ3) is 6.23. The first-order valence-electron chi connectivity index (χ1n) is 6.48. The molecule has 0 aromatic heterocycles. The van der Waals surface area contributed by atoms with Crippen molar-refractivity contribution in [2.24, 2.45) is 5.92 Å². The van der Waals surface area contributed by atoms with E-state index in [0.717, 1.165) is 0 Å². The molecular formula is C15H18N2O3S. The van der Waals surface area contributed by atoms with Crippen LogP contribution in [0.5, 0.6) is 0 Å². The topological polar surface area (TPSA) is 87.0 Å². The molecule has 21 heavy (non-hydrogen) atoms. The molecule has 0 spiro atoms. The summed E-state index contributed by atoms with van der Waals surface area (Å²) in [5.74, 6) is -1.52. The van der Waals surface area contributed by atoms with E-state index in [0.29, 0.717) is 5.56 Å². The summed E-state index contributed by atoms with van der Waals surface area (Å²) in [4.78, 5) is 11.8. The van der Waals surface area contributed by atoms with Gasteiger partial charge >= 0.3 is 0 Å². The molecule has 1 aromatic rings. The normalized spacial score (nSPS) is 12.1. The summed E-state index contributed by atoms with van der Waals surface area (Å²) >= 11 is 0. The van der Waals surface area contributed by atoms with Gasteiger partial charge in [-0.1, -0.05) is 36.4 Å². The highest BCUT2D eigenvalue weighted by Gasteiger charge is 2.24. The third-order valence-corrected chi connectivity index (χ3v) is 4.53. The molecule has 1 atom stereocenters. The van der Waals surface area contributed by atoms with Gasteiger partial charge in [-0.3, -0.25) is 4.79 Å². The maximum Gasteiger partial charge on any atom is 0.225 e. The SMILES string of the molecule is C=CCC(CS(=O)(=O)Cc1ccccc1)C(=O)NCC#N. The molecule has 0 heterocycles. The summed E-state index contributed by atoms with van der Waals surface area (Å²) < 4.78 is 24.4. The van der Waals surface area contributed by atoms with Crippen molar-refractivity contribution in [2.45, 2.75) is 12.2 Å². The van der Waals surface area contributed by atoms with Crippen molar-refractivity contribution in [3.8, 4) is 6.07 Å². The minimum atomic E-state index is -3.42. The van der Waals surface area contributed by atoms with Gasteiger partial charge < -0.3 is 5.32 Å². The molecule has 5 nitrogen and oxygen atoms in total. The summed E-state index contributed by atoms with van der Waals surface area (Å²) in [5.41, 5.74) is 0.687. The Hall–Kier alpha value is -2.13. The largest absolute Gasteiger partial charge is 0.343 e. The fourth-order valence-electron chi connectivity index (χ4n) is 1.92. The number of rotatable bonds is 8. The Kier molecular flexibility index (Phi) is 6.63. The number of benzene rings is 1. The van der Waals surface area contributed by atoms with E-state index in [1.165, 1.54) is 6.08 Å². The van der Waals surface area contributed by atoms with Gasteiger partial charge in [-0.05, 0) is 12.0 Å². The number of sulfone groups is 1. The lowest BCUT2D eigenvalue weighted by atomic mass is 10.1. The summed E-state index contributed by atoms with van der Waals surface area (Å²) in [7, 11) is -3.42. The molecule has 1 unspecified atom stereocenters. The van der Waals surface area contributed by atoms with Crippen LogP contribution in [-0.2, 0) is 20.4 Å². The van der Waals surface area contributed by atoms with E-state index in [1.807, 2.05) is 6.07 Å². The second-order valence-electron chi connectivity index (χ2n) is 4.64. The zero-order valence-electron chi connectivity index (χ0n) is 11.7. The van der Waals surface area contributed by atoms with E-state index in [9.17, 15) is 13.2 Å². The molecule has 0 aliphatic rings. The molecule has 1 rings (SSSR count). The average Bonchev–Trinajstić information content (AvgIpc) is 2.44. The van der Waals surface area contributed by atoms with Crippen molar-refractivity contribution in [3.05, 3.63) is 48.6 Å². The molecule has 1 N–H and O–H groups in total. The van der Waals surface area contributed by atoms with Gasteiger partial charge in [-0.15, -0.1) is 6.58 Å². The Morgan fingerprint density at radius 1 is 1.38 bits per heavy atom. The van der Waals surface area contributed by atoms with Gasteiger partial charge in [0.1, 0.15) is 6.54 Å². The molecule has 0 radical (unpaired) electrons. The van der Waals surface area contributed by atoms with E-state index in [4.69, 9.17) is 5.26 Å². The second-order valence-corrected chi connectivity index (χ2v) is 6.75. The fraction of sp³-hybridized carbons (Fsp3) is 0.333. The van der Waals surface area contributed by atoms with Crippen molar-refractivity contribution in [1.29, 1.82) is 5.26 Å². The highest BCUT2D eigenvalue weighted by molar-refractivity contribution is 7.90. The number of allylic oxidation sites excluding steroid dienone is 1. The highest BCUT2D eigenvalue weighted by atomic mass is 32.2. The Morgan fingerprint density at radius 2 is 2.05 bits per heavy atom. The maximum absolute atomic E-state index is 12.2. The van der Waals surface area contributed by atoms with Crippen LogP contribution in [0, 0.1) is 17.2 Å². The molecular weight excluding hydrogens is 288 g/mol. The highest BCUT2D eigenvalue weighted by Crippen LogP contribution is 2.13. The summed E-state index contributed by atoms with van der Waals surface area (Å²) in [5, 5.41) is 10.8. The fourth-order valence-corrected chi connectivity index (χ4v) is 3.64. The predicted octanol–water partition coefficient (Wildman–Crippen LogP) is 1.43. The second kappa shape index (κ2) is 8.22. The molecule has 0 bridgehead atoms. The smallest absolute Gasteiger partial charge is 0.225 e. The molecule has 0 saturated carbocycles. The lowest BCUT2D eigenvalue weighted by Gasteiger charge is -2.14. The minimum absolute atomic E-state index is 0.104. The van der Waals surface area contributed by atoms with E-state index in [-0.39, 0.29) is 24.5 Å². The quantitative estimate of drug-likeness (QED) is 0.581. The molecule has 6 heteroatoms. The third-order valence-electron chi connectivity index (χ3n) is 2.85. The van der Waals surface area contributed by atoms with Gasteiger partial charge in [0.15, 0.2) is 9.84 Å². The van der Waals surface area contributed by atoms with Crippen LogP contribution in [0.15, 0.2) is 43.0 Å². The zero-order chi connectivity index (χ0) is 15.7. The molecule has 0 aliphatic heterocycles. The number of nitrogens with one attached hydrogen (secondary N) is 1. The summed E-state index contributed by atoms with van der Waals surface area (Å²) in [6.07, 6.45) is 1.76. The van der Waals surface area contributed by atoms with Gasteiger partial charge in [0.25, 0.3) is 0 Å². The van der Waals surface area contributed by atoms with Crippen molar-refractivity contribution >= 4 is 15.7 Å². The first-order chi connectivity index (χ1) is 9.98. The number of hydrogen-bond acceptors (Lipinski definition) is 4. The van der Waals surface area contributed by atoms with Crippen LogP contribution in [0.3, 0.4) is 0 Å². The number of nitriles is 1. The first-order valence-corrected chi connectivity index (χ1v) is 8.30. The summed E-state index contributed by atoms with van der Waals surface area (Å²) in [6, 6.07) is 10.6. The van der Waals surface area contributed by atoms with Crippen LogP contribution in [0.2, 0.25) is 0 Å². The van der Waals surface area contributed by atoms with Crippen LogP contribution in [0.1, 0.15) is 12.0 Å². The Balaban J connectivity index is 2.75. The van der Waals surface area contributed by atoms with Gasteiger partial charge in [0.05, 0.1) is 23.5 Å². The van der Waals surface area contributed by atoms with E-state index < -0.39 is 21.7 Å². The molecule has 1 aromatic carbocycles. The van der Waals surface area contributed by atoms with Crippen LogP contribution >= 0.6 is 0 Å². The lowest BCUT2D eigenvalue weighted by Crippen LogP contribution is -2.35. The van der Waals surface area contributed by atoms with Crippen molar-refractivity contribution in [1.82, 2.24) is 5.32 Å². The van der Waals surface area contributed by atoms with Gasteiger partial charge in [-0.25, -0.2) is 8.42 Å². The standard InChI is InChI=1S/C15H18N2O3S/c1-2-6-14(15(18)17-10-9-16)12-21(19,20)11-13-7-4-3-5-8-13/h2-5,7-8,14H,1,6,10-12H2,(H,17,18). The monoisotopic (exact) mass is 306 g/mol. The average molecular weight is 306 g/mol. The number of hydrogen-bond donors (Lipinski definition) is 1. The summed E-state index contributed by atoms with van der Waals surface area (Å²) in [6.45, 7) is 3.40. The van der Waals surface area contributed by atoms with Crippen molar-refractivity contribution < 1.29 is 13.2 Å². The van der Waals surface area contributed by atoms with Crippen LogP contribution < -0.4 is 5.32 Å². The Labute approximate surface area is 125 Å². The Bertz CT molecular complexity index is 618. The van der Waals surface area contributed by atoms with Gasteiger partial charge in [0.2, 0.25) is 5.91 Å². The van der Waals surface area contributed by atoms with Crippen molar-refractivity contribution in [2.75, 3.05) is 12.3 Å². The number of amides is 1. The zero-order valence-corrected chi connectivity index (χ0v) is 12.5. The molecule has 0 aliphatic carbocycles. The van der Waals surface area contributed by atoms with Crippen molar-refractivity contribution in [3.63, 3.8) is 0 Å². The number of carbonyl (C=O) groups excluding carboxylic acids is 1. The lowest BCUT2D eigenvalue weighted by molar-refractivity contribution is -0.124. The Morgan fingerprint density at radius 3 is 2.62 bits per heavy atom. The molecule has 1 amide bonds. The van der Waals surface area contributed by atoms with Crippen LogP contribution in [0.25, 0.3) is 0 Å². The minimum Gasteiger partial charge on any atom is -0.343 e. The number of carbonyl (C=O) groups is 1. The number of nitrogens with zero attached hydrogens (tertiary/aromatic N) is 1. The molecule has 0 saturated heterocycles. The predicted molar refractivity (Wildman–Crippen MR) is 80.9 cm³/mol.